The Morgan fingerprint density at radius 2 is 1.93 bits per heavy atom. The lowest BCUT2D eigenvalue weighted by Crippen LogP contribution is -2.49. The van der Waals surface area contributed by atoms with Crippen LogP contribution in [0.1, 0.15) is 29.8 Å². The van der Waals surface area contributed by atoms with E-state index in [1.807, 2.05) is 26.0 Å². The minimum Gasteiger partial charge on any atom is -0.479 e. The smallest absolute Gasteiger partial charge is 0.253 e. The average molecular weight is 434 g/mol. The molecule has 29 heavy (non-hydrogen) atoms. The fourth-order valence-electron chi connectivity index (χ4n) is 2.59. The van der Waals surface area contributed by atoms with Gasteiger partial charge in [0.25, 0.3) is 5.91 Å². The number of nitriles is 1. The largest absolute Gasteiger partial charge is 0.479 e. The normalized spacial score (nSPS) is 11.4. The second kappa shape index (κ2) is 10.7. The number of ether oxygens (including phenoxy) is 1. The Balaban J connectivity index is 2.02. The number of nitrogens with one attached hydrogen (secondary N) is 2. The Bertz CT molecular complexity index is 926. The van der Waals surface area contributed by atoms with E-state index in [4.69, 9.17) is 33.2 Å². The van der Waals surface area contributed by atoms with Gasteiger partial charge in [-0.2, -0.15) is 5.26 Å². The average Bonchev–Trinajstić information content (AvgIpc) is 2.68. The standard InChI is InChI=1S/C21H21Cl2N3O3/c1-13(2)19(26-20(27)17-7-6-15(22)11-18(17)23)21(28)25-12-14-4-3-5-16(10-14)29-9-8-24/h3-7,10-11,13,19H,9,12H2,1-2H3,(H,25,28)(H,26,27). The van der Waals surface area contributed by atoms with E-state index in [9.17, 15) is 9.59 Å². The number of nitrogens with zero attached hydrogens (tertiary/aromatic N) is 1. The number of rotatable bonds is 8. The first-order chi connectivity index (χ1) is 13.8. The number of carbonyl (C=O) groups excluding carboxylic acids is 2. The fourth-order valence-corrected chi connectivity index (χ4v) is 3.08. The highest BCUT2D eigenvalue weighted by Crippen LogP contribution is 2.21. The van der Waals surface area contributed by atoms with Crippen molar-refractivity contribution >= 4 is 35.0 Å². The van der Waals surface area contributed by atoms with E-state index < -0.39 is 11.9 Å². The van der Waals surface area contributed by atoms with Gasteiger partial charge in [0.1, 0.15) is 17.9 Å². The van der Waals surface area contributed by atoms with Gasteiger partial charge in [0.2, 0.25) is 5.91 Å². The molecule has 0 aliphatic carbocycles. The van der Waals surface area contributed by atoms with E-state index in [2.05, 4.69) is 10.6 Å². The van der Waals surface area contributed by atoms with Crippen LogP contribution in [0, 0.1) is 17.2 Å². The number of carbonyl (C=O) groups is 2. The zero-order chi connectivity index (χ0) is 21.4. The summed E-state index contributed by atoms with van der Waals surface area (Å²) in [5, 5.41) is 14.8. The van der Waals surface area contributed by atoms with Crippen molar-refractivity contribution < 1.29 is 14.3 Å². The van der Waals surface area contributed by atoms with Crippen LogP contribution in [0.5, 0.6) is 5.75 Å². The van der Waals surface area contributed by atoms with Gasteiger partial charge in [0, 0.05) is 11.6 Å². The first-order valence-corrected chi connectivity index (χ1v) is 9.69. The second-order valence-corrected chi connectivity index (χ2v) is 7.47. The lowest BCUT2D eigenvalue weighted by Gasteiger charge is -2.22. The third kappa shape index (κ3) is 6.67. The Morgan fingerprint density at radius 1 is 1.17 bits per heavy atom. The molecule has 0 saturated heterocycles. The SMILES string of the molecule is CC(C)C(NC(=O)c1ccc(Cl)cc1Cl)C(=O)NCc1cccc(OCC#N)c1. The van der Waals surface area contributed by atoms with E-state index in [-0.39, 0.29) is 35.6 Å². The number of hydrogen-bond donors (Lipinski definition) is 2. The maximum atomic E-state index is 12.7. The first kappa shape index (κ1) is 22.5. The molecule has 2 aromatic carbocycles. The van der Waals surface area contributed by atoms with Crippen LogP contribution in [0.25, 0.3) is 0 Å². The summed E-state index contributed by atoms with van der Waals surface area (Å²) < 4.78 is 5.26. The molecule has 2 rings (SSSR count). The van der Waals surface area contributed by atoms with E-state index in [1.165, 1.54) is 12.1 Å². The molecule has 152 valence electrons. The van der Waals surface area contributed by atoms with Gasteiger partial charge in [-0.05, 0) is 41.8 Å². The fraction of sp³-hybridized carbons (Fsp3) is 0.286. The third-order valence-electron chi connectivity index (χ3n) is 4.08. The minimum atomic E-state index is -0.743. The zero-order valence-electron chi connectivity index (χ0n) is 16.0. The molecule has 0 fully saturated rings. The van der Waals surface area contributed by atoms with Crippen LogP contribution in [-0.4, -0.2) is 24.5 Å². The van der Waals surface area contributed by atoms with E-state index in [0.717, 1.165) is 5.56 Å². The van der Waals surface area contributed by atoms with E-state index >= 15 is 0 Å². The summed E-state index contributed by atoms with van der Waals surface area (Å²) in [7, 11) is 0. The molecule has 0 aromatic heterocycles. The maximum Gasteiger partial charge on any atom is 0.253 e. The van der Waals surface area contributed by atoms with Crippen molar-refractivity contribution in [1.82, 2.24) is 10.6 Å². The van der Waals surface area contributed by atoms with Gasteiger partial charge < -0.3 is 15.4 Å². The third-order valence-corrected chi connectivity index (χ3v) is 4.63. The van der Waals surface area contributed by atoms with Crippen molar-refractivity contribution in [1.29, 1.82) is 5.26 Å². The van der Waals surface area contributed by atoms with Gasteiger partial charge >= 0.3 is 0 Å². The van der Waals surface area contributed by atoms with Crippen molar-refractivity contribution in [3.63, 3.8) is 0 Å². The van der Waals surface area contributed by atoms with Crippen LogP contribution < -0.4 is 15.4 Å². The van der Waals surface area contributed by atoms with Gasteiger partial charge in [-0.15, -0.1) is 0 Å². The summed E-state index contributed by atoms with van der Waals surface area (Å²) in [6.45, 7) is 3.88. The Hall–Kier alpha value is -2.75. The van der Waals surface area contributed by atoms with Crippen LogP contribution in [0.4, 0.5) is 0 Å². The summed E-state index contributed by atoms with van der Waals surface area (Å²) in [6, 6.07) is 12.8. The van der Waals surface area contributed by atoms with Gasteiger partial charge in [0.15, 0.2) is 6.61 Å². The molecule has 0 radical (unpaired) electrons. The van der Waals surface area contributed by atoms with Crippen LogP contribution in [0.2, 0.25) is 10.0 Å². The van der Waals surface area contributed by atoms with Crippen LogP contribution in [-0.2, 0) is 11.3 Å². The molecule has 1 atom stereocenters. The van der Waals surface area contributed by atoms with E-state index in [1.54, 1.807) is 24.3 Å². The minimum absolute atomic E-state index is 0.0511. The molecule has 6 nitrogen and oxygen atoms in total. The van der Waals surface area contributed by atoms with Gasteiger partial charge in [0.05, 0.1) is 10.6 Å². The molecule has 1 unspecified atom stereocenters. The van der Waals surface area contributed by atoms with Crippen molar-refractivity contribution in [3.8, 4) is 11.8 Å². The Kier molecular flexibility index (Phi) is 8.32. The molecule has 0 aliphatic heterocycles. The molecule has 0 heterocycles. The highest BCUT2D eigenvalue weighted by molar-refractivity contribution is 6.36. The first-order valence-electron chi connectivity index (χ1n) is 8.94. The quantitative estimate of drug-likeness (QED) is 0.658. The molecule has 2 aromatic rings. The zero-order valence-corrected chi connectivity index (χ0v) is 17.6. The highest BCUT2D eigenvalue weighted by Gasteiger charge is 2.25. The lowest BCUT2D eigenvalue weighted by molar-refractivity contribution is -0.124. The van der Waals surface area contributed by atoms with Gasteiger partial charge in [-0.3, -0.25) is 9.59 Å². The molecule has 0 bridgehead atoms. The highest BCUT2D eigenvalue weighted by atomic mass is 35.5. The van der Waals surface area contributed by atoms with E-state index in [0.29, 0.717) is 10.8 Å². The topological polar surface area (TPSA) is 91.2 Å². The number of benzene rings is 2. The number of halogens is 2. The molecular formula is C21H21Cl2N3O3. The summed E-state index contributed by atoms with van der Waals surface area (Å²) in [4.78, 5) is 25.2. The molecule has 2 N–H and O–H groups in total. The molecule has 2 amide bonds. The van der Waals surface area contributed by atoms with Crippen molar-refractivity contribution in [2.75, 3.05) is 6.61 Å². The van der Waals surface area contributed by atoms with Crippen LogP contribution >= 0.6 is 23.2 Å². The lowest BCUT2D eigenvalue weighted by atomic mass is 10.0. The second-order valence-electron chi connectivity index (χ2n) is 6.63. The summed E-state index contributed by atoms with van der Waals surface area (Å²) in [6.07, 6.45) is 0. The number of hydrogen-bond acceptors (Lipinski definition) is 4. The van der Waals surface area contributed by atoms with Crippen LogP contribution in [0.15, 0.2) is 42.5 Å². The van der Waals surface area contributed by atoms with Crippen molar-refractivity contribution in [3.05, 3.63) is 63.6 Å². The van der Waals surface area contributed by atoms with Crippen molar-refractivity contribution in [2.45, 2.75) is 26.4 Å². The van der Waals surface area contributed by atoms with Crippen molar-refractivity contribution in [2.24, 2.45) is 5.92 Å². The molecule has 0 saturated carbocycles. The molecule has 0 spiro atoms. The summed E-state index contributed by atoms with van der Waals surface area (Å²) in [5.41, 5.74) is 1.06. The van der Waals surface area contributed by atoms with Gasteiger partial charge in [-0.25, -0.2) is 0 Å². The maximum absolute atomic E-state index is 12.7. The summed E-state index contributed by atoms with van der Waals surface area (Å²) >= 11 is 11.9. The number of amides is 2. The molecular weight excluding hydrogens is 413 g/mol. The Morgan fingerprint density at radius 3 is 2.59 bits per heavy atom. The predicted octanol–water partition coefficient (Wildman–Crippen LogP) is 3.97. The van der Waals surface area contributed by atoms with Gasteiger partial charge in [-0.1, -0.05) is 49.2 Å². The van der Waals surface area contributed by atoms with Crippen LogP contribution in [0.3, 0.4) is 0 Å². The monoisotopic (exact) mass is 433 g/mol. The molecule has 8 heteroatoms. The summed E-state index contributed by atoms with van der Waals surface area (Å²) in [5.74, 6) is -0.367. The molecule has 0 aliphatic rings. The Labute approximate surface area is 179 Å². The predicted molar refractivity (Wildman–Crippen MR) is 112 cm³/mol.